The summed E-state index contributed by atoms with van der Waals surface area (Å²) in [5.74, 6) is -2.29. The predicted octanol–water partition coefficient (Wildman–Crippen LogP) is -0.455. The van der Waals surface area contributed by atoms with Crippen molar-refractivity contribution in [1.29, 1.82) is 0 Å². The number of aromatic carboxylic acids is 1. The highest BCUT2D eigenvalue weighted by Crippen LogP contribution is 2.09. The van der Waals surface area contributed by atoms with E-state index in [0.29, 0.717) is 0 Å². The van der Waals surface area contributed by atoms with Crippen molar-refractivity contribution in [1.82, 2.24) is 10.8 Å². The Labute approximate surface area is 102 Å². The van der Waals surface area contributed by atoms with Crippen molar-refractivity contribution >= 4 is 17.8 Å². The highest BCUT2D eigenvalue weighted by molar-refractivity contribution is 6.06. The van der Waals surface area contributed by atoms with Gasteiger partial charge in [-0.25, -0.2) is 10.3 Å². The SMILES string of the molecule is O=C(O)c1ccccc1C(=O)N[C@@H]1CONC1=O. The molecule has 1 heterocycles. The van der Waals surface area contributed by atoms with Gasteiger partial charge in [-0.05, 0) is 12.1 Å². The number of amides is 2. The first-order valence-electron chi connectivity index (χ1n) is 5.14. The van der Waals surface area contributed by atoms with E-state index in [9.17, 15) is 14.4 Å². The molecule has 18 heavy (non-hydrogen) atoms. The van der Waals surface area contributed by atoms with Crippen LogP contribution in [-0.2, 0) is 9.63 Å². The minimum absolute atomic E-state index is 0.00435. The van der Waals surface area contributed by atoms with Crippen LogP contribution in [0, 0.1) is 0 Å². The first-order chi connectivity index (χ1) is 8.59. The molecule has 0 unspecified atom stereocenters. The van der Waals surface area contributed by atoms with Crippen molar-refractivity contribution in [3.05, 3.63) is 35.4 Å². The number of rotatable bonds is 3. The standard InChI is InChI=1S/C11H10N2O5/c14-9(12-8-5-18-13-10(8)15)6-3-1-2-4-7(6)11(16)17/h1-4,8H,5H2,(H,12,14)(H,13,15)(H,16,17)/t8-/m1/s1. The number of hydroxylamine groups is 1. The predicted molar refractivity (Wildman–Crippen MR) is 58.8 cm³/mol. The molecule has 7 heteroatoms. The van der Waals surface area contributed by atoms with Gasteiger partial charge in [0.2, 0.25) is 0 Å². The Bertz CT molecular complexity index is 514. The van der Waals surface area contributed by atoms with E-state index in [0.717, 1.165) is 0 Å². The summed E-state index contributed by atoms with van der Waals surface area (Å²) >= 11 is 0. The molecule has 1 aromatic carbocycles. The molecule has 1 saturated heterocycles. The van der Waals surface area contributed by atoms with Gasteiger partial charge in [0.25, 0.3) is 11.8 Å². The molecule has 0 saturated carbocycles. The Morgan fingerprint density at radius 2 is 2.00 bits per heavy atom. The van der Waals surface area contributed by atoms with Crippen molar-refractivity contribution in [2.24, 2.45) is 0 Å². The summed E-state index contributed by atoms with van der Waals surface area (Å²) in [7, 11) is 0. The van der Waals surface area contributed by atoms with E-state index in [4.69, 9.17) is 5.11 Å². The van der Waals surface area contributed by atoms with Crippen molar-refractivity contribution in [3.63, 3.8) is 0 Å². The molecule has 2 amide bonds. The van der Waals surface area contributed by atoms with Crippen LogP contribution in [0.2, 0.25) is 0 Å². The molecule has 0 spiro atoms. The molecule has 7 nitrogen and oxygen atoms in total. The second kappa shape index (κ2) is 4.84. The third kappa shape index (κ3) is 2.30. The second-order valence-corrected chi connectivity index (χ2v) is 3.65. The van der Waals surface area contributed by atoms with Gasteiger partial charge in [-0.15, -0.1) is 0 Å². The maximum absolute atomic E-state index is 11.9. The van der Waals surface area contributed by atoms with Crippen LogP contribution in [0.3, 0.4) is 0 Å². The minimum Gasteiger partial charge on any atom is -0.478 e. The van der Waals surface area contributed by atoms with Crippen LogP contribution in [-0.4, -0.2) is 35.5 Å². The summed E-state index contributed by atoms with van der Waals surface area (Å²) in [5, 5.41) is 11.3. The number of carbonyl (C=O) groups excluding carboxylic acids is 2. The van der Waals surface area contributed by atoms with E-state index in [1.165, 1.54) is 18.2 Å². The monoisotopic (exact) mass is 250 g/mol. The van der Waals surface area contributed by atoms with Crippen molar-refractivity contribution < 1.29 is 24.3 Å². The smallest absolute Gasteiger partial charge is 0.336 e. The quantitative estimate of drug-likeness (QED) is 0.673. The highest BCUT2D eigenvalue weighted by Gasteiger charge is 2.28. The lowest BCUT2D eigenvalue weighted by atomic mass is 10.1. The molecule has 0 aliphatic carbocycles. The average Bonchev–Trinajstić information content (AvgIpc) is 2.75. The largest absolute Gasteiger partial charge is 0.478 e. The molecule has 2 rings (SSSR count). The topological polar surface area (TPSA) is 105 Å². The molecule has 0 bridgehead atoms. The van der Waals surface area contributed by atoms with Crippen LogP contribution in [0.15, 0.2) is 24.3 Å². The molecule has 1 aromatic rings. The van der Waals surface area contributed by atoms with Gasteiger partial charge in [-0.1, -0.05) is 12.1 Å². The van der Waals surface area contributed by atoms with Crippen LogP contribution in [0.5, 0.6) is 0 Å². The number of hydrogen-bond donors (Lipinski definition) is 3. The lowest BCUT2D eigenvalue weighted by molar-refractivity contribution is -0.125. The Balaban J connectivity index is 2.18. The number of carbonyl (C=O) groups is 3. The zero-order chi connectivity index (χ0) is 13.1. The van der Waals surface area contributed by atoms with Crippen LogP contribution in [0.1, 0.15) is 20.7 Å². The summed E-state index contributed by atoms with van der Waals surface area (Å²) in [4.78, 5) is 38.7. The molecular weight excluding hydrogens is 240 g/mol. The third-order valence-electron chi connectivity index (χ3n) is 2.45. The van der Waals surface area contributed by atoms with Gasteiger partial charge in [0.05, 0.1) is 11.1 Å². The van der Waals surface area contributed by atoms with E-state index >= 15 is 0 Å². The molecule has 1 fully saturated rings. The van der Waals surface area contributed by atoms with Crippen LogP contribution < -0.4 is 10.8 Å². The fourth-order valence-electron chi connectivity index (χ4n) is 1.55. The third-order valence-corrected chi connectivity index (χ3v) is 2.45. The molecule has 3 N–H and O–H groups in total. The molecule has 94 valence electrons. The number of nitrogens with one attached hydrogen (secondary N) is 2. The summed E-state index contributed by atoms with van der Waals surface area (Å²) in [6, 6.07) is 4.96. The Kier molecular flexibility index (Phi) is 3.24. The second-order valence-electron chi connectivity index (χ2n) is 3.65. The van der Waals surface area contributed by atoms with E-state index in [1.807, 2.05) is 0 Å². The molecule has 1 atom stereocenters. The molecule has 1 aliphatic rings. The first-order valence-corrected chi connectivity index (χ1v) is 5.14. The number of hydrogen-bond acceptors (Lipinski definition) is 4. The summed E-state index contributed by atoms with van der Waals surface area (Å²) in [6.45, 7) is 0.0137. The Morgan fingerprint density at radius 1 is 1.33 bits per heavy atom. The zero-order valence-corrected chi connectivity index (χ0v) is 9.17. The fourth-order valence-corrected chi connectivity index (χ4v) is 1.55. The minimum atomic E-state index is -1.20. The Hall–Kier alpha value is -2.41. The van der Waals surface area contributed by atoms with Gasteiger partial charge >= 0.3 is 5.97 Å². The van der Waals surface area contributed by atoms with Crippen LogP contribution in [0.4, 0.5) is 0 Å². The van der Waals surface area contributed by atoms with E-state index in [2.05, 4.69) is 15.6 Å². The fraction of sp³-hybridized carbons (Fsp3) is 0.182. The highest BCUT2D eigenvalue weighted by atomic mass is 16.7. The number of benzene rings is 1. The summed E-state index contributed by atoms with van der Waals surface area (Å²) in [5.41, 5.74) is 1.98. The van der Waals surface area contributed by atoms with Crippen LogP contribution in [0.25, 0.3) is 0 Å². The van der Waals surface area contributed by atoms with Gasteiger partial charge in [0.1, 0.15) is 12.6 Å². The molecule has 1 aliphatic heterocycles. The van der Waals surface area contributed by atoms with E-state index < -0.39 is 23.8 Å². The Morgan fingerprint density at radius 3 is 2.56 bits per heavy atom. The van der Waals surface area contributed by atoms with Gasteiger partial charge < -0.3 is 10.4 Å². The lowest BCUT2D eigenvalue weighted by Crippen LogP contribution is -2.42. The van der Waals surface area contributed by atoms with Gasteiger partial charge in [-0.2, -0.15) is 0 Å². The average molecular weight is 250 g/mol. The lowest BCUT2D eigenvalue weighted by Gasteiger charge is -2.10. The maximum Gasteiger partial charge on any atom is 0.336 e. The van der Waals surface area contributed by atoms with Gasteiger partial charge in [-0.3, -0.25) is 14.4 Å². The van der Waals surface area contributed by atoms with E-state index in [-0.39, 0.29) is 17.7 Å². The number of carboxylic acids is 1. The van der Waals surface area contributed by atoms with Crippen LogP contribution >= 0.6 is 0 Å². The van der Waals surface area contributed by atoms with Gasteiger partial charge in [0, 0.05) is 0 Å². The van der Waals surface area contributed by atoms with Crippen molar-refractivity contribution in [2.45, 2.75) is 6.04 Å². The zero-order valence-electron chi connectivity index (χ0n) is 9.17. The summed E-state index contributed by atoms with van der Waals surface area (Å²) < 4.78 is 0. The molecular formula is C11H10N2O5. The van der Waals surface area contributed by atoms with Gasteiger partial charge in [0.15, 0.2) is 0 Å². The van der Waals surface area contributed by atoms with E-state index in [1.54, 1.807) is 6.07 Å². The van der Waals surface area contributed by atoms with Crippen molar-refractivity contribution in [2.75, 3.05) is 6.61 Å². The molecule has 0 aromatic heterocycles. The first kappa shape index (κ1) is 12.1. The summed E-state index contributed by atoms with van der Waals surface area (Å²) in [6.07, 6.45) is 0. The van der Waals surface area contributed by atoms with Crippen molar-refractivity contribution in [3.8, 4) is 0 Å². The molecule has 0 radical (unpaired) electrons. The maximum atomic E-state index is 11.9. The number of carboxylic acid groups (broad SMARTS) is 1. The normalized spacial score (nSPS) is 18.2.